The van der Waals surface area contributed by atoms with Crippen molar-refractivity contribution in [3.8, 4) is 11.5 Å². The van der Waals surface area contributed by atoms with Crippen molar-refractivity contribution >= 4 is 5.91 Å². The number of carbonyl (C=O) groups is 1. The van der Waals surface area contributed by atoms with Gasteiger partial charge in [0.2, 0.25) is 0 Å². The van der Waals surface area contributed by atoms with Crippen LogP contribution in [0.2, 0.25) is 0 Å². The maximum atomic E-state index is 12.5. The SMILES string of the molecule is CCOc1ccc(CNC(=O)C(CC)Oc2cc(C)ccc2C)cc1. The summed E-state index contributed by atoms with van der Waals surface area (Å²) >= 11 is 0. The molecule has 25 heavy (non-hydrogen) atoms. The van der Waals surface area contributed by atoms with E-state index in [0.29, 0.717) is 19.6 Å². The summed E-state index contributed by atoms with van der Waals surface area (Å²) < 4.78 is 11.4. The van der Waals surface area contributed by atoms with E-state index in [0.717, 1.165) is 28.2 Å². The van der Waals surface area contributed by atoms with Crippen molar-refractivity contribution in [3.63, 3.8) is 0 Å². The Balaban J connectivity index is 1.94. The molecule has 0 aliphatic rings. The molecular weight excluding hydrogens is 314 g/mol. The molecule has 4 nitrogen and oxygen atoms in total. The van der Waals surface area contributed by atoms with E-state index in [9.17, 15) is 4.79 Å². The van der Waals surface area contributed by atoms with Gasteiger partial charge in [-0.25, -0.2) is 0 Å². The first-order valence-electron chi connectivity index (χ1n) is 8.76. The summed E-state index contributed by atoms with van der Waals surface area (Å²) in [7, 11) is 0. The molecule has 4 heteroatoms. The van der Waals surface area contributed by atoms with Crippen molar-refractivity contribution in [2.75, 3.05) is 6.61 Å². The highest BCUT2D eigenvalue weighted by Gasteiger charge is 2.19. The molecule has 1 N–H and O–H groups in total. The Morgan fingerprint density at radius 1 is 1.08 bits per heavy atom. The van der Waals surface area contributed by atoms with Gasteiger partial charge in [-0.2, -0.15) is 0 Å². The van der Waals surface area contributed by atoms with Crippen LogP contribution in [0, 0.1) is 13.8 Å². The maximum Gasteiger partial charge on any atom is 0.261 e. The van der Waals surface area contributed by atoms with Crippen molar-refractivity contribution in [2.45, 2.75) is 46.8 Å². The molecule has 0 aliphatic carbocycles. The number of hydrogen-bond donors (Lipinski definition) is 1. The second-order valence-corrected chi connectivity index (χ2v) is 6.08. The number of rotatable bonds is 8. The fraction of sp³-hybridized carbons (Fsp3) is 0.381. The molecule has 0 spiro atoms. The lowest BCUT2D eigenvalue weighted by Crippen LogP contribution is -2.37. The highest BCUT2D eigenvalue weighted by Crippen LogP contribution is 2.21. The quantitative estimate of drug-likeness (QED) is 0.784. The standard InChI is InChI=1S/C21H27NO3/c1-5-19(25-20-13-15(3)7-8-16(20)4)21(23)22-14-17-9-11-18(12-10-17)24-6-2/h7-13,19H,5-6,14H2,1-4H3,(H,22,23). The molecule has 0 saturated carbocycles. The molecule has 0 saturated heterocycles. The van der Waals surface area contributed by atoms with E-state index < -0.39 is 6.10 Å². The number of nitrogens with one attached hydrogen (secondary N) is 1. The zero-order valence-electron chi connectivity index (χ0n) is 15.5. The van der Waals surface area contributed by atoms with Crippen molar-refractivity contribution < 1.29 is 14.3 Å². The van der Waals surface area contributed by atoms with Crippen molar-refractivity contribution in [1.82, 2.24) is 5.32 Å². The molecule has 134 valence electrons. The molecule has 0 fully saturated rings. The summed E-state index contributed by atoms with van der Waals surface area (Å²) in [5, 5.41) is 2.95. The number of carbonyl (C=O) groups excluding carboxylic acids is 1. The molecule has 0 aromatic heterocycles. The number of aryl methyl sites for hydroxylation is 2. The molecule has 0 bridgehead atoms. The first-order valence-corrected chi connectivity index (χ1v) is 8.76. The predicted octanol–water partition coefficient (Wildman–Crippen LogP) is 4.18. The van der Waals surface area contributed by atoms with Gasteiger partial charge >= 0.3 is 0 Å². The van der Waals surface area contributed by atoms with Crippen LogP contribution < -0.4 is 14.8 Å². The van der Waals surface area contributed by atoms with E-state index in [1.807, 2.05) is 70.2 Å². The van der Waals surface area contributed by atoms with Crippen LogP contribution in [0.15, 0.2) is 42.5 Å². The Labute approximate surface area is 150 Å². The van der Waals surface area contributed by atoms with Crippen molar-refractivity contribution in [1.29, 1.82) is 0 Å². The first kappa shape index (κ1) is 18.8. The molecule has 2 rings (SSSR count). The molecular formula is C21H27NO3. The van der Waals surface area contributed by atoms with Gasteiger partial charge in [-0.1, -0.05) is 31.2 Å². The Bertz CT molecular complexity index is 695. The lowest BCUT2D eigenvalue weighted by atomic mass is 10.1. The summed E-state index contributed by atoms with van der Waals surface area (Å²) in [5.41, 5.74) is 3.17. The van der Waals surface area contributed by atoms with Gasteiger partial charge in [0.1, 0.15) is 11.5 Å². The molecule has 2 aromatic carbocycles. The van der Waals surface area contributed by atoms with E-state index in [4.69, 9.17) is 9.47 Å². The van der Waals surface area contributed by atoms with Crippen LogP contribution in [0.4, 0.5) is 0 Å². The summed E-state index contributed by atoms with van der Waals surface area (Å²) in [6.45, 7) is 9.02. The minimum atomic E-state index is -0.497. The number of hydrogen-bond acceptors (Lipinski definition) is 3. The average molecular weight is 341 g/mol. The van der Waals surface area contributed by atoms with Gasteiger partial charge in [0.25, 0.3) is 5.91 Å². The van der Waals surface area contributed by atoms with E-state index in [2.05, 4.69) is 5.32 Å². The van der Waals surface area contributed by atoms with Gasteiger partial charge in [-0.05, 0) is 62.1 Å². The average Bonchev–Trinajstić information content (AvgIpc) is 2.61. The third-order valence-corrected chi connectivity index (χ3v) is 3.98. The monoisotopic (exact) mass is 341 g/mol. The third kappa shape index (κ3) is 5.52. The van der Waals surface area contributed by atoms with Crippen LogP contribution in [-0.2, 0) is 11.3 Å². The van der Waals surface area contributed by atoms with E-state index in [-0.39, 0.29) is 5.91 Å². The van der Waals surface area contributed by atoms with Crippen LogP contribution in [-0.4, -0.2) is 18.6 Å². The van der Waals surface area contributed by atoms with Gasteiger partial charge in [0, 0.05) is 6.54 Å². The van der Waals surface area contributed by atoms with E-state index in [1.165, 1.54) is 0 Å². The topological polar surface area (TPSA) is 47.6 Å². The molecule has 1 unspecified atom stereocenters. The van der Waals surface area contributed by atoms with Crippen LogP contribution in [0.3, 0.4) is 0 Å². The Morgan fingerprint density at radius 2 is 1.80 bits per heavy atom. The second-order valence-electron chi connectivity index (χ2n) is 6.08. The van der Waals surface area contributed by atoms with Gasteiger partial charge in [-0.15, -0.1) is 0 Å². The third-order valence-electron chi connectivity index (χ3n) is 3.98. The molecule has 0 radical (unpaired) electrons. The molecule has 0 aliphatic heterocycles. The fourth-order valence-corrected chi connectivity index (χ4v) is 2.48. The largest absolute Gasteiger partial charge is 0.494 e. The van der Waals surface area contributed by atoms with Crippen LogP contribution in [0.5, 0.6) is 11.5 Å². The highest BCUT2D eigenvalue weighted by molar-refractivity contribution is 5.81. The van der Waals surface area contributed by atoms with Crippen LogP contribution in [0.1, 0.15) is 37.0 Å². The van der Waals surface area contributed by atoms with E-state index >= 15 is 0 Å². The molecule has 1 amide bonds. The summed E-state index contributed by atoms with van der Waals surface area (Å²) in [6, 6.07) is 13.8. The van der Waals surface area contributed by atoms with Crippen LogP contribution in [0.25, 0.3) is 0 Å². The van der Waals surface area contributed by atoms with Gasteiger partial charge in [-0.3, -0.25) is 4.79 Å². The van der Waals surface area contributed by atoms with Crippen LogP contribution >= 0.6 is 0 Å². The van der Waals surface area contributed by atoms with Crippen molar-refractivity contribution in [3.05, 3.63) is 59.2 Å². The first-order chi connectivity index (χ1) is 12.0. The lowest BCUT2D eigenvalue weighted by molar-refractivity contribution is -0.128. The smallest absolute Gasteiger partial charge is 0.261 e. The van der Waals surface area contributed by atoms with E-state index in [1.54, 1.807) is 0 Å². The molecule has 0 heterocycles. The summed E-state index contributed by atoms with van der Waals surface area (Å²) in [5.74, 6) is 1.50. The fourth-order valence-electron chi connectivity index (χ4n) is 2.48. The minimum Gasteiger partial charge on any atom is -0.494 e. The maximum absolute atomic E-state index is 12.5. The molecule has 1 atom stereocenters. The minimum absolute atomic E-state index is 0.0997. The Hall–Kier alpha value is -2.49. The highest BCUT2D eigenvalue weighted by atomic mass is 16.5. The number of ether oxygens (including phenoxy) is 2. The Kier molecular flexibility index (Phi) is 6.87. The zero-order valence-corrected chi connectivity index (χ0v) is 15.5. The summed E-state index contributed by atoms with van der Waals surface area (Å²) in [4.78, 5) is 12.5. The second kappa shape index (κ2) is 9.11. The number of amides is 1. The van der Waals surface area contributed by atoms with Gasteiger partial charge < -0.3 is 14.8 Å². The predicted molar refractivity (Wildman–Crippen MR) is 100 cm³/mol. The lowest BCUT2D eigenvalue weighted by Gasteiger charge is -2.19. The van der Waals surface area contributed by atoms with Gasteiger partial charge in [0.05, 0.1) is 6.61 Å². The Morgan fingerprint density at radius 3 is 2.44 bits per heavy atom. The normalized spacial score (nSPS) is 11.7. The zero-order chi connectivity index (χ0) is 18.2. The van der Waals surface area contributed by atoms with Crippen molar-refractivity contribution in [2.24, 2.45) is 0 Å². The van der Waals surface area contributed by atoms with Gasteiger partial charge in [0.15, 0.2) is 6.10 Å². The summed E-state index contributed by atoms with van der Waals surface area (Å²) in [6.07, 6.45) is 0.117. The number of benzene rings is 2. The molecule has 2 aromatic rings.